The minimum Gasteiger partial charge on any atom is -0.459 e. The highest BCUT2D eigenvalue weighted by atomic mass is 35.5. The number of aromatic nitrogens is 2. The molecule has 6 heteroatoms. The van der Waals surface area contributed by atoms with Crippen LogP contribution in [0.2, 0.25) is 5.15 Å². The molecule has 0 aliphatic rings. The first-order valence-corrected chi connectivity index (χ1v) is 5.10. The highest BCUT2D eigenvalue weighted by molar-refractivity contribution is 6.29. The van der Waals surface area contributed by atoms with Gasteiger partial charge in [-0.05, 0) is 20.8 Å². The molecule has 0 bridgehead atoms. The Labute approximate surface area is 98.0 Å². The Morgan fingerprint density at radius 3 is 2.75 bits per heavy atom. The average molecular weight is 245 g/mol. The molecule has 0 aliphatic heterocycles. The van der Waals surface area contributed by atoms with Crippen LogP contribution in [0, 0.1) is 0 Å². The van der Waals surface area contributed by atoms with Crippen molar-refractivity contribution in [1.82, 2.24) is 9.55 Å². The zero-order chi connectivity index (χ0) is 12.3. The second-order valence-corrected chi connectivity index (χ2v) is 4.60. The summed E-state index contributed by atoms with van der Waals surface area (Å²) >= 11 is 5.53. The molecule has 0 amide bonds. The molecule has 1 rings (SSSR count). The van der Waals surface area contributed by atoms with Crippen molar-refractivity contribution < 1.29 is 9.53 Å². The molecule has 16 heavy (non-hydrogen) atoms. The molecule has 0 spiro atoms. The van der Waals surface area contributed by atoms with Crippen molar-refractivity contribution in [1.29, 1.82) is 0 Å². The monoisotopic (exact) mass is 244 g/mol. The summed E-state index contributed by atoms with van der Waals surface area (Å²) in [5.74, 6) is -0.489. The Morgan fingerprint density at radius 2 is 2.19 bits per heavy atom. The molecule has 1 heterocycles. The van der Waals surface area contributed by atoms with Gasteiger partial charge in [0, 0.05) is 12.4 Å². The van der Waals surface area contributed by atoms with E-state index in [1.807, 2.05) is 0 Å². The summed E-state index contributed by atoms with van der Waals surface area (Å²) in [6.07, 6.45) is 2.74. The van der Waals surface area contributed by atoms with Crippen LogP contribution in [0.25, 0.3) is 0 Å². The molecule has 1 aromatic heterocycles. The third kappa shape index (κ3) is 3.66. The Balaban J connectivity index is 2.78. The van der Waals surface area contributed by atoms with Crippen LogP contribution in [-0.2, 0) is 16.1 Å². The number of carbonyl (C=O) groups is 1. The number of hydrogen-bond donors (Lipinski definition) is 0. The van der Waals surface area contributed by atoms with Gasteiger partial charge >= 0.3 is 5.97 Å². The summed E-state index contributed by atoms with van der Waals surface area (Å²) in [4.78, 5) is 26.5. The first kappa shape index (κ1) is 12.7. The normalized spacial score (nSPS) is 11.2. The summed E-state index contributed by atoms with van der Waals surface area (Å²) in [7, 11) is 0. The lowest BCUT2D eigenvalue weighted by Crippen LogP contribution is -2.30. The minimum atomic E-state index is -0.572. The Kier molecular flexibility index (Phi) is 3.70. The maximum Gasteiger partial charge on any atom is 0.326 e. The fourth-order valence-electron chi connectivity index (χ4n) is 1.06. The molecular formula is C10H13ClN2O3. The topological polar surface area (TPSA) is 61.2 Å². The van der Waals surface area contributed by atoms with Crippen LogP contribution in [0.1, 0.15) is 20.8 Å². The smallest absolute Gasteiger partial charge is 0.326 e. The van der Waals surface area contributed by atoms with Crippen molar-refractivity contribution in [2.75, 3.05) is 0 Å². The van der Waals surface area contributed by atoms with E-state index in [0.29, 0.717) is 0 Å². The van der Waals surface area contributed by atoms with Gasteiger partial charge in [-0.2, -0.15) is 0 Å². The Hall–Kier alpha value is -1.36. The number of esters is 1. The minimum absolute atomic E-state index is 0.161. The van der Waals surface area contributed by atoms with Gasteiger partial charge in [0.25, 0.3) is 5.56 Å². The predicted molar refractivity (Wildman–Crippen MR) is 59.4 cm³/mol. The molecule has 0 fully saturated rings. The maximum atomic E-state index is 11.4. The first-order chi connectivity index (χ1) is 7.29. The second-order valence-electron chi connectivity index (χ2n) is 4.24. The molecule has 0 N–H and O–H groups in total. The van der Waals surface area contributed by atoms with E-state index in [0.717, 1.165) is 4.57 Å². The Bertz CT molecular complexity index is 448. The van der Waals surface area contributed by atoms with Gasteiger partial charge in [-0.3, -0.25) is 9.59 Å². The lowest BCUT2D eigenvalue weighted by molar-refractivity contribution is -0.155. The molecule has 0 saturated heterocycles. The lowest BCUT2D eigenvalue weighted by atomic mass is 10.2. The van der Waals surface area contributed by atoms with Gasteiger partial charge in [-0.25, -0.2) is 4.98 Å². The van der Waals surface area contributed by atoms with Crippen LogP contribution in [0.3, 0.4) is 0 Å². The van der Waals surface area contributed by atoms with Gasteiger partial charge in [0.05, 0.1) is 0 Å². The maximum absolute atomic E-state index is 11.4. The first-order valence-electron chi connectivity index (χ1n) is 4.72. The largest absolute Gasteiger partial charge is 0.459 e. The standard InChI is InChI=1S/C10H13ClN2O3/c1-10(2,3)16-7(14)6-13-5-4-12-8(11)9(13)15/h4-5H,6H2,1-3H3. The molecule has 5 nitrogen and oxygen atoms in total. The molecule has 1 aromatic rings. The highest BCUT2D eigenvalue weighted by Crippen LogP contribution is 2.07. The van der Waals surface area contributed by atoms with E-state index >= 15 is 0 Å². The second kappa shape index (κ2) is 4.65. The third-order valence-corrected chi connectivity index (χ3v) is 1.85. The fourth-order valence-corrected chi connectivity index (χ4v) is 1.22. The van der Waals surface area contributed by atoms with Crippen molar-refractivity contribution in [3.8, 4) is 0 Å². The molecule has 0 atom stereocenters. The number of nitrogens with zero attached hydrogens (tertiary/aromatic N) is 2. The van der Waals surface area contributed by atoms with Crippen molar-refractivity contribution in [2.45, 2.75) is 32.9 Å². The number of hydrogen-bond acceptors (Lipinski definition) is 4. The van der Waals surface area contributed by atoms with E-state index in [9.17, 15) is 9.59 Å². The molecule has 88 valence electrons. The zero-order valence-corrected chi connectivity index (χ0v) is 10.1. The van der Waals surface area contributed by atoms with E-state index in [-0.39, 0.29) is 11.7 Å². The number of carbonyl (C=O) groups excluding carboxylic acids is 1. The van der Waals surface area contributed by atoms with E-state index < -0.39 is 17.1 Å². The van der Waals surface area contributed by atoms with Crippen LogP contribution in [0.5, 0.6) is 0 Å². The SMILES string of the molecule is CC(C)(C)OC(=O)Cn1ccnc(Cl)c1=O. The lowest BCUT2D eigenvalue weighted by Gasteiger charge is -2.19. The molecular weight excluding hydrogens is 232 g/mol. The van der Waals surface area contributed by atoms with Gasteiger partial charge in [-0.15, -0.1) is 0 Å². The molecule has 0 unspecified atom stereocenters. The molecule has 0 saturated carbocycles. The van der Waals surface area contributed by atoms with Crippen LogP contribution in [-0.4, -0.2) is 21.1 Å². The van der Waals surface area contributed by atoms with Gasteiger partial charge in [0.15, 0.2) is 5.15 Å². The summed E-state index contributed by atoms with van der Waals surface area (Å²) in [5.41, 5.74) is -1.08. The number of rotatable bonds is 2. The van der Waals surface area contributed by atoms with Crippen molar-refractivity contribution >= 4 is 17.6 Å². The van der Waals surface area contributed by atoms with Gasteiger partial charge in [0.1, 0.15) is 12.1 Å². The van der Waals surface area contributed by atoms with Crippen LogP contribution < -0.4 is 5.56 Å². The average Bonchev–Trinajstić information content (AvgIpc) is 2.09. The van der Waals surface area contributed by atoms with Crippen molar-refractivity contribution in [3.63, 3.8) is 0 Å². The summed E-state index contributed by atoms with van der Waals surface area (Å²) < 4.78 is 6.23. The molecule has 0 radical (unpaired) electrons. The van der Waals surface area contributed by atoms with Crippen LogP contribution in [0.4, 0.5) is 0 Å². The number of halogens is 1. The van der Waals surface area contributed by atoms with E-state index in [2.05, 4.69) is 4.98 Å². The Morgan fingerprint density at radius 1 is 1.56 bits per heavy atom. The van der Waals surface area contributed by atoms with Gasteiger partial charge in [-0.1, -0.05) is 11.6 Å². The number of ether oxygens (including phenoxy) is 1. The molecule has 0 aliphatic carbocycles. The van der Waals surface area contributed by atoms with Crippen LogP contribution >= 0.6 is 11.6 Å². The van der Waals surface area contributed by atoms with Crippen LogP contribution in [0.15, 0.2) is 17.2 Å². The predicted octanol–water partition coefficient (Wildman–Crippen LogP) is 1.24. The fraction of sp³-hybridized carbons (Fsp3) is 0.500. The summed E-state index contributed by atoms with van der Waals surface area (Å²) in [5, 5.41) is -0.161. The van der Waals surface area contributed by atoms with Crippen molar-refractivity contribution in [3.05, 3.63) is 27.9 Å². The summed E-state index contributed by atoms with van der Waals surface area (Å²) in [6.45, 7) is 5.10. The van der Waals surface area contributed by atoms with E-state index in [1.165, 1.54) is 12.4 Å². The zero-order valence-electron chi connectivity index (χ0n) is 9.36. The van der Waals surface area contributed by atoms with E-state index in [1.54, 1.807) is 20.8 Å². The summed E-state index contributed by atoms with van der Waals surface area (Å²) in [6, 6.07) is 0. The van der Waals surface area contributed by atoms with Crippen molar-refractivity contribution in [2.24, 2.45) is 0 Å². The molecule has 0 aromatic carbocycles. The van der Waals surface area contributed by atoms with Gasteiger partial charge < -0.3 is 9.30 Å². The van der Waals surface area contributed by atoms with E-state index in [4.69, 9.17) is 16.3 Å². The highest BCUT2D eigenvalue weighted by Gasteiger charge is 2.17. The third-order valence-electron chi connectivity index (χ3n) is 1.59. The quantitative estimate of drug-likeness (QED) is 0.735. The van der Waals surface area contributed by atoms with Gasteiger partial charge in [0.2, 0.25) is 0 Å².